The van der Waals surface area contributed by atoms with E-state index in [4.69, 9.17) is 0 Å². The minimum Gasteiger partial charge on any atom is -0.353 e. The predicted molar refractivity (Wildman–Crippen MR) is 80.6 cm³/mol. The molecule has 0 aliphatic carbocycles. The normalized spacial score (nSPS) is 15.3. The van der Waals surface area contributed by atoms with Crippen LogP contribution in [0.2, 0.25) is 0 Å². The fourth-order valence-electron chi connectivity index (χ4n) is 2.41. The molecule has 0 bridgehead atoms. The molecule has 1 fully saturated rings. The molecule has 2 N–H and O–H groups in total. The van der Waals surface area contributed by atoms with Crippen LogP contribution in [0.15, 0.2) is 18.2 Å². The Morgan fingerprint density at radius 2 is 1.95 bits per heavy atom. The fraction of sp³-hybridized carbons (Fsp3) is 0.533. The number of aryl methyl sites for hydroxylation is 1. The van der Waals surface area contributed by atoms with Gasteiger partial charge in [-0.1, -0.05) is 6.07 Å². The Kier molecular flexibility index (Phi) is 7.61. The van der Waals surface area contributed by atoms with Gasteiger partial charge in [-0.25, -0.2) is 8.78 Å². The Labute approximate surface area is 129 Å². The minimum atomic E-state index is -0.836. The highest BCUT2D eigenvalue weighted by Gasteiger charge is 2.14. The number of rotatable bonds is 5. The van der Waals surface area contributed by atoms with Crippen LogP contribution in [-0.4, -0.2) is 25.0 Å². The van der Waals surface area contributed by atoms with Crippen LogP contribution in [0.5, 0.6) is 0 Å². The second-order valence-corrected chi connectivity index (χ2v) is 5.19. The predicted octanol–water partition coefficient (Wildman–Crippen LogP) is 2.58. The van der Waals surface area contributed by atoms with Crippen LogP contribution in [0.1, 0.15) is 31.2 Å². The Morgan fingerprint density at radius 1 is 1.24 bits per heavy atom. The van der Waals surface area contributed by atoms with Crippen LogP contribution in [0.4, 0.5) is 8.78 Å². The lowest BCUT2D eigenvalue weighted by molar-refractivity contribution is -0.122. The summed E-state index contributed by atoms with van der Waals surface area (Å²) in [4.78, 5) is 11.8. The van der Waals surface area contributed by atoms with Crippen molar-refractivity contribution >= 4 is 18.3 Å². The van der Waals surface area contributed by atoms with Gasteiger partial charge in [0, 0.05) is 12.5 Å². The van der Waals surface area contributed by atoms with Gasteiger partial charge in [0.2, 0.25) is 5.91 Å². The first-order valence-electron chi connectivity index (χ1n) is 7.09. The van der Waals surface area contributed by atoms with E-state index in [2.05, 4.69) is 10.6 Å². The molecule has 1 amide bonds. The summed E-state index contributed by atoms with van der Waals surface area (Å²) in [5.41, 5.74) is 0.721. The Balaban J connectivity index is 0.00000220. The van der Waals surface area contributed by atoms with E-state index in [1.807, 2.05) is 0 Å². The monoisotopic (exact) mass is 318 g/mol. The van der Waals surface area contributed by atoms with Crippen molar-refractivity contribution in [3.8, 4) is 0 Å². The van der Waals surface area contributed by atoms with Crippen molar-refractivity contribution in [1.82, 2.24) is 10.6 Å². The summed E-state index contributed by atoms with van der Waals surface area (Å²) in [6.45, 7) is 1.89. The lowest BCUT2D eigenvalue weighted by Gasteiger charge is -2.23. The molecule has 1 heterocycles. The van der Waals surface area contributed by atoms with Crippen LogP contribution in [0.25, 0.3) is 0 Å². The SMILES string of the molecule is Cl.O=C(CCCc1ccc(F)c(F)c1)NC1CCNCC1. The smallest absolute Gasteiger partial charge is 0.220 e. The van der Waals surface area contributed by atoms with E-state index >= 15 is 0 Å². The number of carbonyl (C=O) groups excluding carboxylic acids is 1. The molecule has 0 unspecified atom stereocenters. The third kappa shape index (κ3) is 5.98. The van der Waals surface area contributed by atoms with Gasteiger partial charge in [-0.2, -0.15) is 0 Å². The molecule has 0 radical (unpaired) electrons. The first-order valence-corrected chi connectivity index (χ1v) is 7.09. The number of hydrogen-bond acceptors (Lipinski definition) is 2. The van der Waals surface area contributed by atoms with Crippen molar-refractivity contribution in [2.45, 2.75) is 38.1 Å². The average molecular weight is 319 g/mol. The van der Waals surface area contributed by atoms with E-state index in [1.165, 1.54) is 6.07 Å². The lowest BCUT2D eigenvalue weighted by Crippen LogP contribution is -2.42. The molecular formula is C15H21ClF2N2O. The van der Waals surface area contributed by atoms with E-state index in [-0.39, 0.29) is 24.4 Å². The van der Waals surface area contributed by atoms with Gasteiger partial charge in [-0.3, -0.25) is 4.79 Å². The quantitative estimate of drug-likeness (QED) is 0.876. The van der Waals surface area contributed by atoms with Crippen molar-refractivity contribution < 1.29 is 13.6 Å². The summed E-state index contributed by atoms with van der Waals surface area (Å²) >= 11 is 0. The molecule has 21 heavy (non-hydrogen) atoms. The third-order valence-corrected chi connectivity index (χ3v) is 3.56. The number of halogens is 3. The number of nitrogens with one attached hydrogen (secondary N) is 2. The molecule has 6 heteroatoms. The van der Waals surface area contributed by atoms with Gasteiger partial charge in [0.1, 0.15) is 0 Å². The van der Waals surface area contributed by atoms with Crippen LogP contribution in [0, 0.1) is 11.6 Å². The molecule has 1 aromatic rings. The topological polar surface area (TPSA) is 41.1 Å². The molecule has 1 saturated heterocycles. The molecule has 0 spiro atoms. The maximum absolute atomic E-state index is 13.0. The molecule has 2 rings (SSSR count). The van der Waals surface area contributed by atoms with Crippen molar-refractivity contribution in [1.29, 1.82) is 0 Å². The lowest BCUT2D eigenvalue weighted by atomic mass is 10.1. The number of amides is 1. The Bertz CT molecular complexity index is 465. The molecule has 1 aromatic carbocycles. The van der Waals surface area contributed by atoms with Gasteiger partial charge in [0.25, 0.3) is 0 Å². The van der Waals surface area contributed by atoms with Gasteiger partial charge >= 0.3 is 0 Å². The molecule has 1 aliphatic heterocycles. The number of piperidine rings is 1. The van der Waals surface area contributed by atoms with Crippen LogP contribution >= 0.6 is 12.4 Å². The summed E-state index contributed by atoms with van der Waals surface area (Å²) in [6, 6.07) is 4.15. The van der Waals surface area contributed by atoms with Crippen LogP contribution in [-0.2, 0) is 11.2 Å². The molecule has 118 valence electrons. The standard InChI is InChI=1S/C15H20F2N2O.ClH/c16-13-5-4-11(10-14(13)17)2-1-3-15(20)19-12-6-8-18-9-7-12;/h4-5,10,12,18H,1-3,6-9H2,(H,19,20);1H. The fourth-order valence-corrected chi connectivity index (χ4v) is 2.41. The minimum absolute atomic E-state index is 0. The highest BCUT2D eigenvalue weighted by Crippen LogP contribution is 2.11. The first kappa shape index (κ1) is 17.9. The average Bonchev–Trinajstić information content (AvgIpc) is 2.44. The zero-order valence-corrected chi connectivity index (χ0v) is 12.6. The molecule has 0 saturated carbocycles. The largest absolute Gasteiger partial charge is 0.353 e. The Hall–Kier alpha value is -1.20. The zero-order valence-electron chi connectivity index (χ0n) is 11.8. The molecule has 3 nitrogen and oxygen atoms in total. The summed E-state index contributed by atoms with van der Waals surface area (Å²) in [5, 5.41) is 6.26. The highest BCUT2D eigenvalue weighted by molar-refractivity contribution is 5.85. The number of hydrogen-bond donors (Lipinski definition) is 2. The van der Waals surface area contributed by atoms with Crippen molar-refractivity contribution in [2.24, 2.45) is 0 Å². The Morgan fingerprint density at radius 3 is 2.62 bits per heavy atom. The molecule has 0 atom stereocenters. The van der Waals surface area contributed by atoms with E-state index in [0.29, 0.717) is 19.3 Å². The number of carbonyl (C=O) groups is 1. The second kappa shape index (κ2) is 8.95. The summed E-state index contributed by atoms with van der Waals surface area (Å²) in [7, 11) is 0. The zero-order chi connectivity index (χ0) is 14.4. The third-order valence-electron chi connectivity index (χ3n) is 3.56. The highest BCUT2D eigenvalue weighted by atomic mass is 35.5. The molecule has 1 aliphatic rings. The first-order chi connectivity index (χ1) is 9.65. The van der Waals surface area contributed by atoms with Gasteiger partial charge in [0.05, 0.1) is 0 Å². The summed E-state index contributed by atoms with van der Waals surface area (Å²) in [6.07, 6.45) is 3.57. The number of benzene rings is 1. The van der Waals surface area contributed by atoms with Crippen molar-refractivity contribution in [3.05, 3.63) is 35.4 Å². The summed E-state index contributed by atoms with van der Waals surface area (Å²) < 4.78 is 25.8. The van der Waals surface area contributed by atoms with Gasteiger partial charge < -0.3 is 10.6 Å². The van der Waals surface area contributed by atoms with E-state index in [1.54, 1.807) is 6.07 Å². The van der Waals surface area contributed by atoms with E-state index in [9.17, 15) is 13.6 Å². The van der Waals surface area contributed by atoms with E-state index < -0.39 is 11.6 Å². The maximum atomic E-state index is 13.0. The van der Waals surface area contributed by atoms with Gasteiger partial charge in [-0.15, -0.1) is 12.4 Å². The van der Waals surface area contributed by atoms with Crippen LogP contribution < -0.4 is 10.6 Å². The molecule has 0 aromatic heterocycles. The van der Waals surface area contributed by atoms with Gasteiger partial charge in [-0.05, 0) is 56.5 Å². The van der Waals surface area contributed by atoms with Crippen molar-refractivity contribution in [3.63, 3.8) is 0 Å². The van der Waals surface area contributed by atoms with Crippen molar-refractivity contribution in [2.75, 3.05) is 13.1 Å². The van der Waals surface area contributed by atoms with Crippen LogP contribution in [0.3, 0.4) is 0 Å². The maximum Gasteiger partial charge on any atom is 0.220 e. The van der Waals surface area contributed by atoms with Gasteiger partial charge in [0.15, 0.2) is 11.6 Å². The summed E-state index contributed by atoms with van der Waals surface area (Å²) in [5.74, 6) is -1.63. The molecular weight excluding hydrogens is 298 g/mol. The second-order valence-electron chi connectivity index (χ2n) is 5.19. The van der Waals surface area contributed by atoms with E-state index in [0.717, 1.165) is 37.6 Å².